The van der Waals surface area contributed by atoms with E-state index in [2.05, 4.69) is 4.74 Å². The van der Waals surface area contributed by atoms with Gasteiger partial charge in [0, 0.05) is 21.3 Å². The van der Waals surface area contributed by atoms with Crippen molar-refractivity contribution in [2.45, 2.75) is 26.4 Å². The monoisotopic (exact) mass is 270 g/mol. The maximum Gasteiger partial charge on any atom is 0.484 e. The summed E-state index contributed by atoms with van der Waals surface area (Å²) in [5, 5.41) is 0. The van der Waals surface area contributed by atoms with Crippen molar-refractivity contribution in [1.29, 1.82) is 0 Å². The van der Waals surface area contributed by atoms with Crippen molar-refractivity contribution in [1.82, 2.24) is 0 Å². The number of ether oxygens (including phenoxy) is 1. The van der Waals surface area contributed by atoms with Crippen LogP contribution in [0.1, 0.15) is 20.8 Å². The quantitative estimate of drug-likeness (QED) is 0.492. The fourth-order valence-electron chi connectivity index (χ4n) is 0.648. The van der Waals surface area contributed by atoms with Gasteiger partial charge < -0.3 is 22.4 Å². The van der Waals surface area contributed by atoms with Crippen LogP contribution in [-0.4, -0.2) is 60.2 Å². The van der Waals surface area contributed by atoms with Crippen molar-refractivity contribution < 1.29 is 22.4 Å². The average Bonchev–Trinajstić information content (AvgIpc) is 2.22. The summed E-state index contributed by atoms with van der Waals surface area (Å²) in [5.74, 6) is 0. The summed E-state index contributed by atoms with van der Waals surface area (Å²) in [5.41, 5.74) is -0.164. The summed E-state index contributed by atoms with van der Waals surface area (Å²) in [4.78, 5) is 0. The van der Waals surface area contributed by atoms with E-state index in [1.165, 1.54) is 0 Å². The molecular formula is C9H26O5Si2. The molecule has 0 amide bonds. The molecule has 0 unspecified atom stereocenters. The smallest absolute Gasteiger partial charge is 0.426 e. The van der Waals surface area contributed by atoms with Crippen LogP contribution in [0.3, 0.4) is 0 Å². The summed E-state index contributed by atoms with van der Waals surface area (Å²) in [6.45, 7) is 7.41. The molecule has 0 aromatic rings. The van der Waals surface area contributed by atoms with E-state index in [0.29, 0.717) is 0 Å². The van der Waals surface area contributed by atoms with Gasteiger partial charge in [0.05, 0.1) is 18.8 Å². The maximum absolute atomic E-state index is 5.43. The zero-order chi connectivity index (χ0) is 13.0. The van der Waals surface area contributed by atoms with Gasteiger partial charge in [-0.25, -0.2) is 0 Å². The van der Waals surface area contributed by atoms with Crippen molar-refractivity contribution >= 4 is 20.0 Å². The van der Waals surface area contributed by atoms with Gasteiger partial charge in [0.15, 0.2) is 0 Å². The lowest BCUT2D eigenvalue weighted by atomic mass is 10.2. The molecule has 0 fully saturated rings. The molecule has 0 aromatic carbocycles. The fraction of sp³-hybridized carbons (Fsp3) is 1.00. The molecule has 0 spiro atoms. The minimum absolute atomic E-state index is 0.164. The lowest BCUT2D eigenvalue weighted by molar-refractivity contribution is 0.0430. The molecule has 0 rings (SSSR count). The third-order valence-electron chi connectivity index (χ3n) is 1.33. The maximum atomic E-state index is 5.43. The molecule has 0 aromatic heterocycles. The van der Waals surface area contributed by atoms with Crippen LogP contribution in [0.5, 0.6) is 0 Å². The molecular weight excluding hydrogens is 244 g/mol. The minimum Gasteiger partial charge on any atom is -0.426 e. The molecule has 0 saturated carbocycles. The third kappa shape index (κ3) is 16.7. The predicted octanol–water partition coefficient (Wildman–Crippen LogP) is -0.259. The molecule has 0 bridgehead atoms. The van der Waals surface area contributed by atoms with Gasteiger partial charge in [-0.05, 0) is 20.8 Å². The van der Waals surface area contributed by atoms with E-state index in [4.69, 9.17) is 17.7 Å². The normalized spacial score (nSPS) is 11.4. The van der Waals surface area contributed by atoms with Crippen LogP contribution >= 0.6 is 0 Å². The molecule has 7 heteroatoms. The van der Waals surface area contributed by atoms with Gasteiger partial charge in [-0.3, -0.25) is 0 Å². The molecule has 0 aliphatic rings. The Bertz CT molecular complexity index is 132. The number of rotatable bonds is 6. The number of hydrogen-bond donors (Lipinski definition) is 0. The average molecular weight is 270 g/mol. The third-order valence-corrected chi connectivity index (χ3v) is 3.40. The second-order valence-electron chi connectivity index (χ2n) is 3.98. The SMILES string of the molecule is COCCO[SiH3].CO[SiH](OC)OC(C)(C)C. The van der Waals surface area contributed by atoms with Crippen LogP contribution < -0.4 is 0 Å². The predicted molar refractivity (Wildman–Crippen MR) is 69.8 cm³/mol. The lowest BCUT2D eigenvalue weighted by Gasteiger charge is -2.23. The zero-order valence-electron chi connectivity index (χ0n) is 11.5. The molecule has 0 aliphatic carbocycles. The van der Waals surface area contributed by atoms with Crippen molar-refractivity contribution in [2.24, 2.45) is 0 Å². The highest BCUT2D eigenvalue weighted by molar-refractivity contribution is 6.36. The molecule has 16 heavy (non-hydrogen) atoms. The Morgan fingerprint density at radius 2 is 1.50 bits per heavy atom. The van der Waals surface area contributed by atoms with Gasteiger partial charge in [0.2, 0.25) is 0 Å². The first-order valence-corrected chi connectivity index (χ1v) is 7.35. The van der Waals surface area contributed by atoms with E-state index in [0.717, 1.165) is 23.7 Å². The first-order chi connectivity index (χ1) is 7.41. The molecule has 0 saturated heterocycles. The van der Waals surface area contributed by atoms with E-state index in [9.17, 15) is 0 Å². The molecule has 0 heterocycles. The highest BCUT2D eigenvalue weighted by Crippen LogP contribution is 2.08. The highest BCUT2D eigenvalue weighted by atomic mass is 28.3. The van der Waals surface area contributed by atoms with Crippen LogP contribution in [0.25, 0.3) is 0 Å². The second kappa shape index (κ2) is 11.7. The zero-order valence-corrected chi connectivity index (χ0v) is 14.7. The van der Waals surface area contributed by atoms with Crippen LogP contribution in [0.4, 0.5) is 0 Å². The Labute approximate surface area is 104 Å². The second-order valence-corrected chi connectivity index (χ2v) is 6.31. The Hall–Kier alpha value is 0.234. The van der Waals surface area contributed by atoms with Crippen LogP contribution in [0.2, 0.25) is 0 Å². The van der Waals surface area contributed by atoms with Crippen molar-refractivity contribution in [3.63, 3.8) is 0 Å². The Kier molecular flexibility index (Phi) is 13.6. The fourth-order valence-corrected chi connectivity index (χ4v) is 1.78. The molecule has 0 atom stereocenters. The standard InChI is InChI=1S/C6H16O3Si.C3H10O2Si/c1-6(2,3)9-10(7-4)8-5;1-4-2-3-5-6/h10H,1-5H3;2-3H2,1,6H3. The minimum atomic E-state index is -1.82. The molecule has 5 nitrogen and oxygen atoms in total. The van der Waals surface area contributed by atoms with Crippen molar-refractivity contribution in [3.05, 3.63) is 0 Å². The Morgan fingerprint density at radius 3 is 1.62 bits per heavy atom. The van der Waals surface area contributed by atoms with Gasteiger partial charge in [-0.15, -0.1) is 0 Å². The Balaban J connectivity index is 0. The van der Waals surface area contributed by atoms with E-state index in [1.54, 1.807) is 21.3 Å². The van der Waals surface area contributed by atoms with Gasteiger partial charge >= 0.3 is 9.53 Å². The van der Waals surface area contributed by atoms with Crippen LogP contribution in [0.15, 0.2) is 0 Å². The lowest BCUT2D eigenvalue weighted by Crippen LogP contribution is -2.34. The molecule has 0 aliphatic heterocycles. The summed E-state index contributed by atoms with van der Waals surface area (Å²) in [7, 11) is 3.88. The van der Waals surface area contributed by atoms with Crippen molar-refractivity contribution in [2.75, 3.05) is 34.5 Å². The van der Waals surface area contributed by atoms with E-state index in [1.807, 2.05) is 20.8 Å². The highest BCUT2D eigenvalue weighted by Gasteiger charge is 2.20. The van der Waals surface area contributed by atoms with Gasteiger partial charge in [0.25, 0.3) is 0 Å². The molecule has 0 radical (unpaired) electrons. The van der Waals surface area contributed by atoms with Crippen molar-refractivity contribution in [3.8, 4) is 0 Å². The number of methoxy groups -OCH3 is 1. The van der Waals surface area contributed by atoms with E-state index >= 15 is 0 Å². The van der Waals surface area contributed by atoms with Crippen LogP contribution in [0, 0.1) is 0 Å². The topological polar surface area (TPSA) is 46.2 Å². The van der Waals surface area contributed by atoms with Gasteiger partial charge in [-0.1, -0.05) is 0 Å². The molecule has 0 N–H and O–H groups in total. The van der Waals surface area contributed by atoms with Crippen LogP contribution in [-0.2, 0) is 22.4 Å². The first-order valence-electron chi connectivity index (χ1n) is 5.12. The Morgan fingerprint density at radius 1 is 1.00 bits per heavy atom. The summed E-state index contributed by atoms with van der Waals surface area (Å²) < 4.78 is 24.8. The summed E-state index contributed by atoms with van der Waals surface area (Å²) in [6, 6.07) is 0. The largest absolute Gasteiger partial charge is 0.484 e. The summed E-state index contributed by atoms with van der Waals surface area (Å²) in [6.07, 6.45) is 0. The summed E-state index contributed by atoms with van der Waals surface area (Å²) >= 11 is 0. The van der Waals surface area contributed by atoms with E-state index < -0.39 is 9.53 Å². The van der Waals surface area contributed by atoms with Gasteiger partial charge in [-0.2, -0.15) is 0 Å². The molecule has 100 valence electrons. The van der Waals surface area contributed by atoms with Gasteiger partial charge in [0.1, 0.15) is 10.5 Å². The van der Waals surface area contributed by atoms with E-state index in [-0.39, 0.29) is 5.60 Å². The number of hydrogen-bond acceptors (Lipinski definition) is 5. The first kappa shape index (κ1) is 18.6.